The van der Waals surface area contributed by atoms with E-state index in [9.17, 15) is 13.0 Å². The molecule has 9 heteroatoms. The van der Waals surface area contributed by atoms with Gasteiger partial charge < -0.3 is 4.74 Å². The maximum absolute atomic E-state index is 11.3. The summed E-state index contributed by atoms with van der Waals surface area (Å²) in [5.74, 6) is 0.617. The molecular formula is C11H13NO6S2. The summed E-state index contributed by atoms with van der Waals surface area (Å²) in [5.41, 5.74) is 1.30. The molecule has 20 heavy (non-hydrogen) atoms. The monoisotopic (exact) mass is 319 g/mol. The van der Waals surface area contributed by atoms with Crippen molar-refractivity contribution in [2.24, 2.45) is 0 Å². The zero-order chi connectivity index (χ0) is 14.7. The fraction of sp³-hybridized carbons (Fsp3) is 0.273. The van der Waals surface area contributed by atoms with Crippen LogP contribution in [0.25, 0.3) is 10.9 Å². The quantitative estimate of drug-likeness (QED) is 0.780. The Morgan fingerprint density at radius 1 is 1.30 bits per heavy atom. The number of hydrogen-bond donors (Lipinski definition) is 2. The number of aromatic nitrogens is 1. The number of rotatable bonds is 6. The number of fused-ring (bicyclic) bond motifs is 1. The molecule has 2 atom stereocenters. The van der Waals surface area contributed by atoms with Crippen LogP contribution in [0, 0.1) is 0 Å². The molecule has 0 amide bonds. The summed E-state index contributed by atoms with van der Waals surface area (Å²) in [4.78, 5) is 0. The van der Waals surface area contributed by atoms with E-state index in [1.54, 1.807) is 18.2 Å². The van der Waals surface area contributed by atoms with E-state index in [-0.39, 0.29) is 6.61 Å². The van der Waals surface area contributed by atoms with Crippen molar-refractivity contribution in [1.82, 2.24) is 3.97 Å². The molecule has 0 aliphatic heterocycles. The molecule has 7 nitrogen and oxygen atoms in total. The van der Waals surface area contributed by atoms with Crippen LogP contribution in [0.1, 0.15) is 5.56 Å². The third kappa shape index (κ3) is 3.25. The molecule has 2 N–H and O–H groups in total. The molecular weight excluding hydrogens is 306 g/mol. The van der Waals surface area contributed by atoms with E-state index in [2.05, 4.69) is 4.18 Å². The molecule has 0 radical (unpaired) electrons. The van der Waals surface area contributed by atoms with Crippen LogP contribution < -0.4 is 4.74 Å². The third-order valence-electron chi connectivity index (χ3n) is 2.78. The Balaban J connectivity index is 2.41. The molecule has 1 heterocycles. The Kier molecular flexibility index (Phi) is 4.89. The number of benzene rings is 1. The fourth-order valence-corrected chi connectivity index (χ4v) is 2.69. The number of methoxy groups -OCH3 is 1. The molecule has 110 valence electrons. The standard InChI is InChI=1S/C11H13NO6S2/c1-17-9-2-3-11-10(6-9)8(4-5-18-20(15)16)7-12(11)19(13)14/h2-3,6-7H,4-5H2,1H3,(H,13,14)(H,15,16). The highest BCUT2D eigenvalue weighted by atomic mass is 32.2. The normalized spacial score (nSPS) is 14.3. The topological polar surface area (TPSA) is 98.0 Å². The lowest BCUT2D eigenvalue weighted by Gasteiger charge is -2.02. The van der Waals surface area contributed by atoms with Gasteiger partial charge in [-0.2, -0.15) is 4.21 Å². The predicted molar refractivity (Wildman–Crippen MR) is 75.1 cm³/mol. The van der Waals surface area contributed by atoms with E-state index in [4.69, 9.17) is 9.29 Å². The van der Waals surface area contributed by atoms with Crippen molar-refractivity contribution in [2.75, 3.05) is 13.7 Å². The molecule has 2 unspecified atom stereocenters. The molecule has 1 aromatic carbocycles. The molecule has 1 aromatic heterocycles. The minimum absolute atomic E-state index is 0.0253. The highest BCUT2D eigenvalue weighted by molar-refractivity contribution is 7.77. The van der Waals surface area contributed by atoms with Crippen LogP contribution in [0.5, 0.6) is 5.75 Å². The van der Waals surface area contributed by atoms with Gasteiger partial charge in [-0.1, -0.05) is 0 Å². The van der Waals surface area contributed by atoms with Crippen molar-refractivity contribution >= 4 is 33.5 Å². The molecule has 0 aliphatic rings. The maximum Gasteiger partial charge on any atom is 0.301 e. The lowest BCUT2D eigenvalue weighted by Crippen LogP contribution is -2.01. The van der Waals surface area contributed by atoms with Crippen LogP contribution >= 0.6 is 0 Å². The van der Waals surface area contributed by atoms with Crippen molar-refractivity contribution in [2.45, 2.75) is 6.42 Å². The van der Waals surface area contributed by atoms with E-state index in [0.717, 1.165) is 10.9 Å². The molecule has 0 saturated heterocycles. The first-order valence-electron chi connectivity index (χ1n) is 5.56. The van der Waals surface area contributed by atoms with Gasteiger partial charge >= 0.3 is 11.4 Å². The molecule has 0 spiro atoms. The molecule has 0 saturated carbocycles. The van der Waals surface area contributed by atoms with Gasteiger partial charge in [-0.15, -0.1) is 0 Å². The first kappa shape index (κ1) is 15.1. The summed E-state index contributed by atoms with van der Waals surface area (Å²) >= 11 is -4.50. The summed E-state index contributed by atoms with van der Waals surface area (Å²) in [7, 11) is 1.53. The van der Waals surface area contributed by atoms with Crippen LogP contribution in [0.2, 0.25) is 0 Å². The van der Waals surface area contributed by atoms with Gasteiger partial charge in [0.1, 0.15) is 5.75 Å². The minimum atomic E-state index is -2.32. The number of hydrogen-bond acceptors (Lipinski definition) is 4. The summed E-state index contributed by atoms with van der Waals surface area (Å²) in [6, 6.07) is 5.11. The van der Waals surface area contributed by atoms with Crippen LogP contribution in [0.15, 0.2) is 24.4 Å². The lowest BCUT2D eigenvalue weighted by molar-refractivity contribution is 0.311. The van der Waals surface area contributed by atoms with E-state index >= 15 is 0 Å². The second-order valence-corrected chi connectivity index (χ2v) is 5.41. The molecule has 0 bridgehead atoms. The van der Waals surface area contributed by atoms with Gasteiger partial charge in [0.2, 0.25) is 0 Å². The number of nitrogens with zero attached hydrogens (tertiary/aromatic N) is 1. The zero-order valence-electron chi connectivity index (χ0n) is 10.5. The Morgan fingerprint density at radius 2 is 2.05 bits per heavy atom. The maximum atomic E-state index is 11.3. The first-order chi connectivity index (χ1) is 9.52. The van der Waals surface area contributed by atoms with Crippen molar-refractivity contribution in [3.63, 3.8) is 0 Å². The van der Waals surface area contributed by atoms with Gasteiger partial charge in [-0.25, -0.2) is 8.18 Å². The second kappa shape index (κ2) is 6.46. The molecule has 0 aliphatic carbocycles. The molecule has 2 rings (SSSR count). The zero-order valence-corrected chi connectivity index (χ0v) is 12.1. The summed E-state index contributed by atoms with van der Waals surface area (Å²) in [6.45, 7) is 0.0253. The average molecular weight is 319 g/mol. The first-order valence-corrected chi connectivity index (χ1v) is 7.66. The van der Waals surface area contributed by atoms with Crippen LogP contribution in [0.3, 0.4) is 0 Å². The van der Waals surface area contributed by atoms with Gasteiger partial charge in [-0.05, 0) is 30.2 Å². The lowest BCUT2D eigenvalue weighted by atomic mass is 10.1. The van der Waals surface area contributed by atoms with Gasteiger partial charge in [0.25, 0.3) is 11.3 Å². The number of ether oxygens (including phenoxy) is 1. The van der Waals surface area contributed by atoms with Gasteiger partial charge in [0.15, 0.2) is 0 Å². The minimum Gasteiger partial charge on any atom is -0.497 e. The summed E-state index contributed by atoms with van der Waals surface area (Å²) in [5, 5.41) is 0.735. The molecule has 0 fully saturated rings. The van der Waals surface area contributed by atoms with Gasteiger partial charge in [0, 0.05) is 11.6 Å². The Hall–Kier alpha value is -1.26. The van der Waals surface area contributed by atoms with Crippen molar-refractivity contribution < 1.29 is 26.4 Å². The SMILES string of the molecule is COc1ccc2c(c1)c(CCOS(=O)O)cn2S(=O)O. The third-order valence-corrected chi connectivity index (χ3v) is 3.79. The van der Waals surface area contributed by atoms with Gasteiger partial charge in [0.05, 0.1) is 19.2 Å². The fourth-order valence-electron chi connectivity index (χ4n) is 1.92. The van der Waals surface area contributed by atoms with E-state index in [0.29, 0.717) is 17.7 Å². The Morgan fingerprint density at radius 3 is 2.65 bits per heavy atom. The Bertz CT molecular complexity index is 668. The van der Waals surface area contributed by atoms with E-state index < -0.39 is 22.6 Å². The van der Waals surface area contributed by atoms with Crippen molar-refractivity contribution in [1.29, 1.82) is 0 Å². The van der Waals surface area contributed by atoms with Crippen molar-refractivity contribution in [3.05, 3.63) is 30.0 Å². The predicted octanol–water partition coefficient (Wildman–Crippen LogP) is 1.33. The van der Waals surface area contributed by atoms with E-state index in [1.165, 1.54) is 17.3 Å². The average Bonchev–Trinajstić information content (AvgIpc) is 2.76. The second-order valence-electron chi connectivity index (χ2n) is 3.88. The van der Waals surface area contributed by atoms with Gasteiger partial charge in [-0.3, -0.25) is 13.3 Å². The summed E-state index contributed by atoms with van der Waals surface area (Å²) in [6.07, 6.45) is 1.85. The van der Waals surface area contributed by atoms with Crippen LogP contribution in [-0.2, 0) is 33.2 Å². The highest BCUT2D eigenvalue weighted by Crippen LogP contribution is 2.26. The Labute approximate surface area is 120 Å². The smallest absolute Gasteiger partial charge is 0.301 e. The van der Waals surface area contributed by atoms with Crippen molar-refractivity contribution in [3.8, 4) is 5.75 Å². The highest BCUT2D eigenvalue weighted by Gasteiger charge is 2.12. The molecule has 2 aromatic rings. The van der Waals surface area contributed by atoms with E-state index in [1.807, 2.05) is 0 Å². The summed E-state index contributed by atoms with van der Waals surface area (Å²) < 4.78 is 50.4. The largest absolute Gasteiger partial charge is 0.497 e. The van der Waals surface area contributed by atoms with Crippen LogP contribution in [0.4, 0.5) is 0 Å². The van der Waals surface area contributed by atoms with Crippen LogP contribution in [-0.4, -0.2) is 35.2 Å².